The van der Waals surface area contributed by atoms with E-state index >= 15 is 0 Å². The second kappa shape index (κ2) is 7.25. The van der Waals surface area contributed by atoms with Crippen LogP contribution >= 0.6 is 0 Å². The Balaban J connectivity index is 1.84. The number of hydrogen-bond acceptors (Lipinski definition) is 2. The average Bonchev–Trinajstić information content (AvgIpc) is 2.53. The second-order valence-corrected chi connectivity index (χ2v) is 5.68. The molecule has 1 aliphatic carbocycles. The minimum atomic E-state index is -0.103. The van der Waals surface area contributed by atoms with Crippen molar-refractivity contribution in [1.29, 1.82) is 0 Å². The fourth-order valence-corrected chi connectivity index (χ4v) is 2.76. The van der Waals surface area contributed by atoms with Gasteiger partial charge in [-0.1, -0.05) is 49.6 Å². The Bertz CT molecular complexity index is 447. The van der Waals surface area contributed by atoms with Crippen molar-refractivity contribution in [2.45, 2.75) is 32.1 Å². The number of benzene rings is 1. The molecule has 0 bridgehead atoms. The molecular weight excluding hydrogens is 250 g/mol. The zero-order chi connectivity index (χ0) is 14.3. The van der Waals surface area contributed by atoms with Crippen LogP contribution in [0.4, 0.5) is 0 Å². The molecular formula is C17H23NO2. The maximum absolute atomic E-state index is 11.8. The highest BCUT2D eigenvalue weighted by atomic mass is 16.3. The number of amides is 1. The highest BCUT2D eigenvalue weighted by Gasteiger charge is 2.31. The van der Waals surface area contributed by atoms with Gasteiger partial charge in [-0.25, -0.2) is 0 Å². The molecule has 0 atom stereocenters. The summed E-state index contributed by atoms with van der Waals surface area (Å²) in [7, 11) is 0. The molecule has 1 amide bonds. The van der Waals surface area contributed by atoms with E-state index in [9.17, 15) is 9.90 Å². The van der Waals surface area contributed by atoms with E-state index in [0.717, 1.165) is 31.2 Å². The van der Waals surface area contributed by atoms with E-state index in [-0.39, 0.29) is 17.9 Å². The van der Waals surface area contributed by atoms with E-state index < -0.39 is 0 Å². The summed E-state index contributed by atoms with van der Waals surface area (Å²) in [4.78, 5) is 11.8. The molecule has 108 valence electrons. The van der Waals surface area contributed by atoms with E-state index in [1.807, 2.05) is 36.4 Å². The van der Waals surface area contributed by atoms with Crippen molar-refractivity contribution in [2.24, 2.45) is 5.41 Å². The van der Waals surface area contributed by atoms with Crippen molar-refractivity contribution in [1.82, 2.24) is 5.32 Å². The Morgan fingerprint density at radius 1 is 1.20 bits per heavy atom. The zero-order valence-electron chi connectivity index (χ0n) is 11.8. The van der Waals surface area contributed by atoms with E-state index in [0.29, 0.717) is 6.54 Å². The molecule has 1 saturated carbocycles. The van der Waals surface area contributed by atoms with Gasteiger partial charge in [0.1, 0.15) is 0 Å². The lowest BCUT2D eigenvalue weighted by atomic mass is 9.74. The van der Waals surface area contributed by atoms with Crippen LogP contribution in [0.25, 0.3) is 6.08 Å². The average molecular weight is 273 g/mol. The summed E-state index contributed by atoms with van der Waals surface area (Å²) in [6.45, 7) is 0.733. The van der Waals surface area contributed by atoms with Gasteiger partial charge in [0, 0.05) is 18.0 Å². The van der Waals surface area contributed by atoms with E-state index in [1.54, 1.807) is 6.08 Å². The monoisotopic (exact) mass is 273 g/mol. The fraction of sp³-hybridized carbons (Fsp3) is 0.471. The smallest absolute Gasteiger partial charge is 0.244 e. The van der Waals surface area contributed by atoms with Gasteiger partial charge in [0.15, 0.2) is 0 Å². The van der Waals surface area contributed by atoms with Gasteiger partial charge in [-0.05, 0) is 24.5 Å². The maximum atomic E-state index is 11.8. The van der Waals surface area contributed by atoms with Gasteiger partial charge >= 0.3 is 0 Å². The lowest BCUT2D eigenvalue weighted by molar-refractivity contribution is -0.117. The summed E-state index contributed by atoms with van der Waals surface area (Å²) >= 11 is 0. The van der Waals surface area contributed by atoms with Crippen LogP contribution in [0.3, 0.4) is 0 Å². The van der Waals surface area contributed by atoms with Crippen LogP contribution in [-0.4, -0.2) is 24.2 Å². The number of rotatable bonds is 5. The SMILES string of the molecule is O=C(/C=C/c1ccccc1)NCC1(CO)CCCCC1. The molecule has 0 aromatic heterocycles. The normalized spacial score (nSPS) is 18.1. The van der Waals surface area contributed by atoms with Crippen molar-refractivity contribution in [2.75, 3.05) is 13.2 Å². The first kappa shape index (κ1) is 14.8. The van der Waals surface area contributed by atoms with E-state index in [4.69, 9.17) is 0 Å². The second-order valence-electron chi connectivity index (χ2n) is 5.68. The number of aliphatic hydroxyl groups excluding tert-OH is 1. The number of nitrogens with one attached hydrogen (secondary N) is 1. The Hall–Kier alpha value is -1.61. The van der Waals surface area contributed by atoms with Crippen LogP contribution in [0.15, 0.2) is 36.4 Å². The Kier molecular flexibility index (Phi) is 5.36. The third-order valence-corrected chi connectivity index (χ3v) is 4.11. The molecule has 3 nitrogen and oxygen atoms in total. The van der Waals surface area contributed by atoms with Gasteiger partial charge in [-0.3, -0.25) is 4.79 Å². The number of carbonyl (C=O) groups excluding carboxylic acids is 1. The van der Waals surface area contributed by atoms with E-state index in [1.165, 1.54) is 6.42 Å². The molecule has 0 heterocycles. The van der Waals surface area contributed by atoms with Crippen LogP contribution in [0, 0.1) is 5.41 Å². The lowest BCUT2D eigenvalue weighted by Gasteiger charge is -2.35. The number of aliphatic hydroxyl groups is 1. The fourth-order valence-electron chi connectivity index (χ4n) is 2.76. The minimum absolute atomic E-state index is 0.0905. The van der Waals surface area contributed by atoms with Crippen molar-refractivity contribution in [3.63, 3.8) is 0 Å². The largest absolute Gasteiger partial charge is 0.396 e. The van der Waals surface area contributed by atoms with Gasteiger partial charge in [0.25, 0.3) is 0 Å². The quantitative estimate of drug-likeness (QED) is 0.810. The first-order valence-corrected chi connectivity index (χ1v) is 7.36. The Morgan fingerprint density at radius 3 is 2.55 bits per heavy atom. The topological polar surface area (TPSA) is 49.3 Å². The van der Waals surface area contributed by atoms with Crippen LogP contribution in [0.1, 0.15) is 37.7 Å². The van der Waals surface area contributed by atoms with Crippen molar-refractivity contribution in [3.8, 4) is 0 Å². The molecule has 1 aliphatic rings. The molecule has 0 unspecified atom stereocenters. The highest BCUT2D eigenvalue weighted by Crippen LogP contribution is 2.35. The lowest BCUT2D eigenvalue weighted by Crippen LogP contribution is -2.40. The summed E-state index contributed by atoms with van der Waals surface area (Å²) in [5.41, 5.74) is 0.909. The predicted octanol–water partition coefficient (Wildman–Crippen LogP) is 2.76. The molecule has 0 aliphatic heterocycles. The molecule has 0 saturated heterocycles. The van der Waals surface area contributed by atoms with Crippen molar-refractivity contribution < 1.29 is 9.90 Å². The molecule has 2 N–H and O–H groups in total. The maximum Gasteiger partial charge on any atom is 0.244 e. The molecule has 1 aromatic rings. The van der Waals surface area contributed by atoms with Gasteiger partial charge in [-0.2, -0.15) is 0 Å². The van der Waals surface area contributed by atoms with Crippen LogP contribution in [0.5, 0.6) is 0 Å². The van der Waals surface area contributed by atoms with Crippen LogP contribution in [-0.2, 0) is 4.79 Å². The molecule has 20 heavy (non-hydrogen) atoms. The molecule has 0 radical (unpaired) electrons. The zero-order valence-corrected chi connectivity index (χ0v) is 11.8. The molecule has 1 fully saturated rings. The van der Waals surface area contributed by atoms with Gasteiger partial charge < -0.3 is 10.4 Å². The molecule has 2 rings (SSSR count). The molecule has 0 spiro atoms. The Morgan fingerprint density at radius 2 is 1.90 bits per heavy atom. The summed E-state index contributed by atoms with van der Waals surface area (Å²) in [6.07, 6.45) is 8.92. The van der Waals surface area contributed by atoms with Gasteiger partial charge in [-0.15, -0.1) is 0 Å². The van der Waals surface area contributed by atoms with Crippen LogP contribution in [0.2, 0.25) is 0 Å². The third kappa shape index (κ3) is 4.20. The predicted molar refractivity (Wildman–Crippen MR) is 81.1 cm³/mol. The number of hydrogen-bond donors (Lipinski definition) is 2. The summed E-state index contributed by atoms with van der Waals surface area (Å²) < 4.78 is 0. The summed E-state index contributed by atoms with van der Waals surface area (Å²) in [5.74, 6) is -0.0905. The van der Waals surface area contributed by atoms with Crippen LogP contribution < -0.4 is 5.32 Å². The van der Waals surface area contributed by atoms with E-state index in [2.05, 4.69) is 5.32 Å². The number of carbonyl (C=O) groups is 1. The molecule has 3 heteroatoms. The van der Waals surface area contributed by atoms with Crippen molar-refractivity contribution in [3.05, 3.63) is 42.0 Å². The molecule has 1 aromatic carbocycles. The summed E-state index contributed by atoms with van der Waals surface area (Å²) in [6, 6.07) is 9.76. The van der Waals surface area contributed by atoms with Crippen molar-refractivity contribution >= 4 is 12.0 Å². The third-order valence-electron chi connectivity index (χ3n) is 4.11. The first-order chi connectivity index (χ1) is 9.74. The van der Waals surface area contributed by atoms with Gasteiger partial charge in [0.2, 0.25) is 5.91 Å². The summed E-state index contributed by atoms with van der Waals surface area (Å²) in [5, 5.41) is 12.5. The van der Waals surface area contributed by atoms with Gasteiger partial charge in [0.05, 0.1) is 6.61 Å². The first-order valence-electron chi connectivity index (χ1n) is 7.36. The standard InChI is InChI=1S/C17H23NO2/c19-14-17(11-5-2-6-12-17)13-18-16(20)10-9-15-7-3-1-4-8-15/h1,3-4,7-10,19H,2,5-6,11-14H2,(H,18,20)/b10-9+. The minimum Gasteiger partial charge on any atom is -0.396 e. The highest BCUT2D eigenvalue weighted by molar-refractivity contribution is 5.91. The Labute approximate surface area is 120 Å².